The Balaban J connectivity index is 0.805. The van der Waals surface area contributed by atoms with Gasteiger partial charge in [-0.15, -0.1) is 0 Å². The van der Waals surface area contributed by atoms with Crippen molar-refractivity contribution in [3.63, 3.8) is 0 Å². The van der Waals surface area contributed by atoms with Gasteiger partial charge in [0.1, 0.15) is 0 Å². The fourth-order valence-corrected chi connectivity index (χ4v) is 49.4. The molecular weight excluding hydrogens is 959 g/mol. The highest BCUT2D eigenvalue weighted by atomic mass is 16.5. The number of hydrogen-bond acceptors (Lipinski definition) is 3. The highest BCUT2D eigenvalue weighted by Crippen LogP contribution is 3.07. The molecule has 2 aromatic carbocycles. The van der Waals surface area contributed by atoms with Crippen molar-refractivity contribution in [1.29, 1.82) is 0 Å². The number of esters is 1. The summed E-state index contributed by atoms with van der Waals surface area (Å²) in [5.74, 6) is 66.2. The number of carbonyl (C=O) groups excluding carboxylic acids is 1. The minimum absolute atomic E-state index is 0.0758. The molecule has 34 rings (SSSR count). The van der Waals surface area contributed by atoms with Crippen LogP contribution in [0.15, 0.2) is 54.6 Å². The van der Waals surface area contributed by atoms with Crippen molar-refractivity contribution in [2.24, 2.45) is 349 Å². The van der Waals surface area contributed by atoms with Gasteiger partial charge in [0, 0.05) is 12.1 Å². The Morgan fingerprint density at radius 3 is 1.00 bits per heavy atom. The summed E-state index contributed by atoms with van der Waals surface area (Å²) in [6.07, 6.45) is 1.37. The minimum Gasteiger partial charge on any atom is -0.465 e. The molecule has 32 saturated carbocycles. The van der Waals surface area contributed by atoms with Gasteiger partial charge in [0.05, 0.1) is 12.7 Å². The molecule has 0 heterocycles. The molecule has 79 heavy (non-hydrogen) atoms. The zero-order valence-electron chi connectivity index (χ0n) is 45.4. The molecule has 2 aromatic rings. The molecule has 0 bridgehead atoms. The second-order valence-electron chi connectivity index (χ2n) is 39.4. The van der Waals surface area contributed by atoms with Crippen molar-refractivity contribution in [2.45, 2.75) is 18.5 Å². The average molecular weight is 1030 g/mol. The third-order valence-corrected chi connectivity index (χ3v) is 43.8. The third kappa shape index (κ3) is 2.53. The van der Waals surface area contributed by atoms with Crippen LogP contribution in [0.5, 0.6) is 0 Å². The highest BCUT2D eigenvalue weighted by molar-refractivity contribution is 5.89. The van der Waals surface area contributed by atoms with Gasteiger partial charge in [-0.1, -0.05) is 42.5 Å². The van der Waals surface area contributed by atoms with Crippen LogP contribution in [0.25, 0.3) is 0 Å². The first-order valence-electron chi connectivity index (χ1n) is 36.2. The number of carbonyl (C=O) groups is 1. The van der Waals surface area contributed by atoms with Crippen LogP contribution in [0.3, 0.4) is 0 Å². The van der Waals surface area contributed by atoms with Crippen LogP contribution in [0, 0.1) is 349 Å². The molecule has 60 unspecified atom stereocenters. The summed E-state index contributed by atoms with van der Waals surface area (Å²) in [5, 5.41) is 5.43. The molecule has 32 fully saturated rings. The van der Waals surface area contributed by atoms with Crippen molar-refractivity contribution < 1.29 is 9.53 Å². The summed E-state index contributed by atoms with van der Waals surface area (Å²) in [7, 11) is 1.67. The van der Waals surface area contributed by atoms with Crippen molar-refractivity contribution in [3.05, 3.63) is 71.3 Å². The van der Waals surface area contributed by atoms with Gasteiger partial charge in [0.25, 0.3) is 0 Å². The van der Waals surface area contributed by atoms with Crippen LogP contribution in [0.4, 0.5) is 0 Å². The second-order valence-corrected chi connectivity index (χ2v) is 39.4. The molecule has 3 nitrogen and oxygen atoms in total. The van der Waals surface area contributed by atoms with Crippen LogP contribution in [0.2, 0.25) is 0 Å². The van der Waals surface area contributed by atoms with Crippen molar-refractivity contribution >= 4 is 5.97 Å². The van der Waals surface area contributed by atoms with Gasteiger partial charge in [-0.05, 0) is 378 Å². The lowest BCUT2D eigenvalue weighted by Crippen LogP contribution is -2.76. The van der Waals surface area contributed by atoms with Crippen LogP contribution in [-0.4, -0.2) is 18.6 Å². The quantitative estimate of drug-likeness (QED) is 0.293. The normalized spacial score (nSPS) is 86.6. The third-order valence-electron chi connectivity index (χ3n) is 43.8. The second kappa shape index (κ2) is 9.75. The molecule has 0 aromatic heterocycles. The van der Waals surface area contributed by atoms with Crippen molar-refractivity contribution in [3.8, 4) is 0 Å². The molecule has 0 aliphatic heterocycles. The van der Waals surface area contributed by atoms with E-state index < -0.39 is 0 Å². The molecule has 0 amide bonds. The fraction of sp³-hybridized carbons (Fsp3) is 0.829. The lowest BCUT2D eigenvalue weighted by Gasteiger charge is -2.72. The highest BCUT2D eigenvalue weighted by Gasteiger charge is 3.05. The molecule has 0 spiro atoms. The van der Waals surface area contributed by atoms with E-state index in [9.17, 15) is 4.79 Å². The molecular formula is C76H75NO2. The predicted octanol–water partition coefficient (Wildman–Crippen LogP) is 9.69. The number of hydrogen-bond donors (Lipinski definition) is 1. The van der Waals surface area contributed by atoms with E-state index in [1.54, 1.807) is 18.2 Å². The SMILES string of the molecule is COC(=O)c1cccc(CC23C4C5C6C7C8C9C%10C%11C%12C%13C%14C%10C%10C%15C9C9C7C5C5C7C9C%15C9C%15C%10C%14C%10C%14C%13C%13C%12C%12C(C%118)C6C6C%12C8C%13C%11C%14C%12C%10C%15C%10C9C7C(C52)C2(NCc5ccccc5)C%10C%12C5C%11C8C(C64)C3C52)c1. The predicted molar refractivity (Wildman–Crippen MR) is 282 cm³/mol. The monoisotopic (exact) mass is 1030 g/mol. The summed E-state index contributed by atoms with van der Waals surface area (Å²) >= 11 is 0. The molecule has 0 saturated heterocycles. The number of methoxy groups -OCH3 is 1. The zero-order valence-corrected chi connectivity index (χ0v) is 45.4. The number of nitrogens with one attached hydrogen (secondary N) is 1. The van der Waals surface area contributed by atoms with Gasteiger partial charge in [-0.3, -0.25) is 0 Å². The van der Waals surface area contributed by atoms with Gasteiger partial charge >= 0.3 is 5.97 Å². The van der Waals surface area contributed by atoms with Gasteiger partial charge in [-0.25, -0.2) is 4.79 Å². The Labute approximate surface area is 463 Å². The van der Waals surface area contributed by atoms with E-state index >= 15 is 0 Å². The van der Waals surface area contributed by atoms with Crippen LogP contribution in [-0.2, 0) is 17.7 Å². The van der Waals surface area contributed by atoms with Gasteiger partial charge in [-0.2, -0.15) is 0 Å². The van der Waals surface area contributed by atoms with E-state index in [0.29, 0.717) is 11.0 Å². The number of benzene rings is 2. The molecule has 3 heteroatoms. The summed E-state index contributed by atoms with van der Waals surface area (Å²) in [4.78, 5) is 14.0. The van der Waals surface area contributed by atoms with E-state index in [1.807, 2.05) is 0 Å². The topological polar surface area (TPSA) is 38.3 Å². The maximum Gasteiger partial charge on any atom is 0.337 e. The van der Waals surface area contributed by atoms with Crippen LogP contribution in [0.1, 0.15) is 21.5 Å². The van der Waals surface area contributed by atoms with E-state index in [2.05, 4.69) is 54.6 Å². The Kier molecular flexibility index (Phi) is 4.61. The van der Waals surface area contributed by atoms with Gasteiger partial charge in [0.15, 0.2) is 0 Å². The lowest BCUT2D eigenvalue weighted by atomic mass is 9.33. The molecule has 1 N–H and O–H groups in total. The van der Waals surface area contributed by atoms with E-state index in [1.165, 1.54) is 191 Å². The molecule has 60 atom stereocenters. The summed E-state index contributed by atoms with van der Waals surface area (Å²) in [6.45, 7) is 1.17. The van der Waals surface area contributed by atoms with E-state index in [-0.39, 0.29) is 5.97 Å². The smallest absolute Gasteiger partial charge is 0.337 e. The Bertz CT molecular complexity index is 3580. The fourth-order valence-electron chi connectivity index (χ4n) is 49.4. The molecule has 32 aliphatic rings. The molecule has 32 aliphatic carbocycles. The van der Waals surface area contributed by atoms with E-state index in [4.69, 9.17) is 10.1 Å². The molecule has 396 valence electrons. The van der Waals surface area contributed by atoms with Crippen molar-refractivity contribution in [1.82, 2.24) is 5.32 Å². The Hall–Kier alpha value is -2.13. The van der Waals surface area contributed by atoms with Crippen LogP contribution < -0.4 is 5.32 Å². The molecule has 0 radical (unpaired) electrons. The van der Waals surface area contributed by atoms with E-state index in [0.717, 1.165) is 171 Å². The first-order valence-corrected chi connectivity index (χ1v) is 36.2. The standard InChI is InChI=1S/C76H75NO2/c1-79-74(78)15-9-5-8-14(10-15)11-75-68-60-51-44-31-24-18-19-21-17-16-20(18)29(31)35-33-22(16)26-23(17)34-36-30(21)32-25(19)28-27(24)38-46-39(28)48-45(32)52-50(36)54-41(34)43-37(26)42-40(33)53(49(35)51)64(68)66-55(42)56(43)67-65(54)69-61(52)58(48)63-59(46)62(57(60)47(38)44)70(75)72(63)76(69,73(67)71(66)75)77-12-13-6-3-2-4-7-13/h2-10,16-73,77H,11-12H2,1H3. The number of ether oxygens (including phenoxy) is 1. The Morgan fingerprint density at radius 1 is 0.329 bits per heavy atom. The van der Waals surface area contributed by atoms with Crippen molar-refractivity contribution in [2.75, 3.05) is 7.11 Å². The average Bonchev–Trinajstić information content (AvgIpc) is 1.56. The maximum absolute atomic E-state index is 14.0. The zero-order chi connectivity index (χ0) is 48.0. The first kappa shape index (κ1) is 37.3. The Morgan fingerprint density at radius 2 is 0.608 bits per heavy atom. The maximum atomic E-state index is 14.0. The largest absolute Gasteiger partial charge is 0.465 e. The van der Waals surface area contributed by atoms with Crippen LogP contribution >= 0.6 is 0 Å². The lowest BCUT2D eigenvalue weighted by molar-refractivity contribution is -0.235. The van der Waals surface area contributed by atoms with Gasteiger partial charge in [0.2, 0.25) is 0 Å². The number of rotatable bonds is 6. The summed E-state index contributed by atoms with van der Waals surface area (Å²) in [6, 6.07) is 22.1. The van der Waals surface area contributed by atoms with Gasteiger partial charge < -0.3 is 10.1 Å². The first-order chi connectivity index (χ1) is 39.2. The summed E-state index contributed by atoms with van der Waals surface area (Å²) < 4.78 is 5.70. The minimum atomic E-state index is -0.0758. The summed E-state index contributed by atoms with van der Waals surface area (Å²) in [5.41, 5.74) is 4.92.